The van der Waals surface area contributed by atoms with Gasteiger partial charge < -0.3 is 5.32 Å². The van der Waals surface area contributed by atoms with E-state index >= 15 is 0 Å². The fourth-order valence-electron chi connectivity index (χ4n) is 1.66. The van der Waals surface area contributed by atoms with Crippen molar-refractivity contribution in [2.45, 2.75) is 6.42 Å². The molecular formula is C13H13NO. The van der Waals surface area contributed by atoms with Gasteiger partial charge in [0.05, 0.1) is 0 Å². The zero-order valence-corrected chi connectivity index (χ0v) is 8.66. The Labute approximate surface area is 88.6 Å². The highest BCUT2D eigenvalue weighted by atomic mass is 16.1. The second-order valence-electron chi connectivity index (χ2n) is 3.47. The van der Waals surface area contributed by atoms with Crippen LogP contribution in [0.5, 0.6) is 0 Å². The zero-order chi connectivity index (χ0) is 10.7. The highest BCUT2D eigenvalue weighted by molar-refractivity contribution is 5.95. The third kappa shape index (κ3) is 1.99. The number of allylic oxidation sites excluding steroid dienone is 1. The number of likely N-dealkylation sites (N-methyl/N-ethyl adjacent to an activating group) is 1. The molecule has 0 fully saturated rings. The summed E-state index contributed by atoms with van der Waals surface area (Å²) in [7, 11) is 1.65. The lowest BCUT2D eigenvalue weighted by atomic mass is 10.1. The molecule has 0 unspecified atom stereocenters. The van der Waals surface area contributed by atoms with Gasteiger partial charge in [0.1, 0.15) is 0 Å². The molecule has 2 nitrogen and oxygen atoms in total. The Balaban J connectivity index is 2.47. The monoisotopic (exact) mass is 199 g/mol. The first-order valence-electron chi connectivity index (χ1n) is 4.99. The summed E-state index contributed by atoms with van der Waals surface area (Å²) >= 11 is 0. The second-order valence-corrected chi connectivity index (χ2v) is 3.47. The van der Waals surface area contributed by atoms with Crippen molar-refractivity contribution in [1.82, 2.24) is 5.32 Å². The van der Waals surface area contributed by atoms with Crippen molar-refractivity contribution < 1.29 is 4.79 Å². The van der Waals surface area contributed by atoms with Crippen LogP contribution in [-0.4, -0.2) is 13.0 Å². The van der Waals surface area contributed by atoms with Gasteiger partial charge in [0.2, 0.25) is 5.91 Å². The van der Waals surface area contributed by atoms with E-state index in [0.29, 0.717) is 6.42 Å². The van der Waals surface area contributed by atoms with E-state index < -0.39 is 0 Å². The number of amides is 1. The van der Waals surface area contributed by atoms with Gasteiger partial charge in [-0.05, 0) is 16.9 Å². The van der Waals surface area contributed by atoms with E-state index in [-0.39, 0.29) is 5.91 Å². The van der Waals surface area contributed by atoms with Crippen LogP contribution >= 0.6 is 0 Å². The summed E-state index contributed by atoms with van der Waals surface area (Å²) in [5.41, 5.74) is 0.800. The van der Waals surface area contributed by atoms with Crippen LogP contribution in [0.15, 0.2) is 35.9 Å². The van der Waals surface area contributed by atoms with Gasteiger partial charge in [0.15, 0.2) is 0 Å². The summed E-state index contributed by atoms with van der Waals surface area (Å²) in [6.07, 6.45) is 6.65. The van der Waals surface area contributed by atoms with Crippen molar-refractivity contribution in [3.05, 3.63) is 46.4 Å². The average molecular weight is 199 g/mol. The van der Waals surface area contributed by atoms with E-state index in [0.717, 1.165) is 10.8 Å². The van der Waals surface area contributed by atoms with Gasteiger partial charge in [0, 0.05) is 12.6 Å². The molecule has 0 aliphatic heterocycles. The highest BCUT2D eigenvalue weighted by Crippen LogP contribution is 2.04. The van der Waals surface area contributed by atoms with Crippen molar-refractivity contribution in [3.63, 3.8) is 0 Å². The van der Waals surface area contributed by atoms with Gasteiger partial charge in [-0.3, -0.25) is 4.79 Å². The maximum Gasteiger partial charge on any atom is 0.247 e. The third-order valence-electron chi connectivity index (χ3n) is 2.52. The summed E-state index contributed by atoms with van der Waals surface area (Å²) in [4.78, 5) is 11.5. The van der Waals surface area contributed by atoms with E-state index in [1.54, 1.807) is 7.05 Å². The Hall–Kier alpha value is -1.83. The molecule has 0 bridgehead atoms. The fraction of sp³-hybridized carbons (Fsp3) is 0.154. The maximum absolute atomic E-state index is 11.5. The maximum atomic E-state index is 11.5. The molecule has 0 atom stereocenters. The molecule has 1 aromatic carbocycles. The number of hydrogen-bond donors (Lipinski definition) is 1. The summed E-state index contributed by atoms with van der Waals surface area (Å²) in [5, 5.41) is 4.99. The molecule has 76 valence electrons. The average Bonchev–Trinajstić information content (AvgIpc) is 2.50. The predicted octanol–water partition coefficient (Wildman–Crippen LogP) is 0.324. The van der Waals surface area contributed by atoms with Crippen LogP contribution in [0.2, 0.25) is 0 Å². The van der Waals surface area contributed by atoms with Crippen molar-refractivity contribution in [1.29, 1.82) is 0 Å². The number of hydrogen-bond acceptors (Lipinski definition) is 1. The Morgan fingerprint density at radius 2 is 1.93 bits per heavy atom. The highest BCUT2D eigenvalue weighted by Gasteiger charge is 2.05. The Bertz CT molecular complexity index is 526. The van der Waals surface area contributed by atoms with Crippen LogP contribution in [0.25, 0.3) is 12.2 Å². The number of nitrogens with one attached hydrogen (secondary N) is 1. The van der Waals surface area contributed by atoms with E-state index in [1.165, 1.54) is 5.22 Å². The van der Waals surface area contributed by atoms with Gasteiger partial charge in [0.25, 0.3) is 0 Å². The quantitative estimate of drug-likeness (QED) is 0.693. The van der Waals surface area contributed by atoms with E-state index in [4.69, 9.17) is 0 Å². The number of rotatable bonds is 1. The minimum Gasteiger partial charge on any atom is -0.355 e. The van der Waals surface area contributed by atoms with Crippen LogP contribution in [0.3, 0.4) is 0 Å². The molecule has 0 radical (unpaired) electrons. The first-order valence-corrected chi connectivity index (χ1v) is 4.99. The number of fused-ring (bicyclic) bond motifs is 1. The van der Waals surface area contributed by atoms with Crippen molar-refractivity contribution in [3.8, 4) is 0 Å². The predicted molar refractivity (Wildman–Crippen MR) is 61.4 cm³/mol. The molecular weight excluding hydrogens is 186 g/mol. The standard InChI is InChI=1S/C13H13NO/c1-14-13(15)12-8-6-10-4-2-3-5-11(10)7-9-12/h2-8H,9H2,1H3,(H,14,15). The van der Waals surface area contributed by atoms with Crippen LogP contribution in [0, 0.1) is 0 Å². The lowest BCUT2D eigenvalue weighted by Crippen LogP contribution is -2.22. The normalized spacial score (nSPS) is 13.8. The summed E-state index contributed by atoms with van der Waals surface area (Å²) in [6.45, 7) is 0. The van der Waals surface area contributed by atoms with Gasteiger partial charge in [-0.1, -0.05) is 42.5 Å². The smallest absolute Gasteiger partial charge is 0.247 e. The molecule has 1 aliphatic rings. The summed E-state index contributed by atoms with van der Waals surface area (Å²) in [5.74, 6) is -0.00435. The van der Waals surface area contributed by atoms with Crippen molar-refractivity contribution in [2.75, 3.05) is 7.05 Å². The molecule has 1 amide bonds. The minimum atomic E-state index is -0.00435. The lowest BCUT2D eigenvalue weighted by Gasteiger charge is -1.99. The Morgan fingerprint density at radius 3 is 2.67 bits per heavy atom. The van der Waals surface area contributed by atoms with E-state index in [9.17, 15) is 4.79 Å². The van der Waals surface area contributed by atoms with Gasteiger partial charge in [-0.25, -0.2) is 0 Å². The SMILES string of the molecule is CNC(=O)C1=CC=c2ccccc2=CC1. The zero-order valence-electron chi connectivity index (χ0n) is 8.66. The Kier molecular flexibility index (Phi) is 2.68. The molecule has 15 heavy (non-hydrogen) atoms. The molecule has 1 aliphatic carbocycles. The number of carbonyl (C=O) groups excluding carboxylic acids is 1. The molecule has 0 heterocycles. The van der Waals surface area contributed by atoms with Crippen molar-refractivity contribution >= 4 is 18.1 Å². The largest absolute Gasteiger partial charge is 0.355 e. The molecule has 0 saturated carbocycles. The van der Waals surface area contributed by atoms with Crippen LogP contribution in [0.4, 0.5) is 0 Å². The minimum absolute atomic E-state index is 0.00435. The molecule has 2 heteroatoms. The van der Waals surface area contributed by atoms with Gasteiger partial charge in [-0.2, -0.15) is 0 Å². The number of carbonyl (C=O) groups is 1. The second kappa shape index (κ2) is 4.13. The molecule has 0 aromatic heterocycles. The van der Waals surface area contributed by atoms with Crippen LogP contribution in [0.1, 0.15) is 6.42 Å². The molecule has 2 rings (SSSR count). The van der Waals surface area contributed by atoms with Gasteiger partial charge >= 0.3 is 0 Å². The summed E-state index contributed by atoms with van der Waals surface area (Å²) < 4.78 is 0. The summed E-state index contributed by atoms with van der Waals surface area (Å²) in [6, 6.07) is 8.12. The Morgan fingerprint density at radius 1 is 1.20 bits per heavy atom. The number of benzene rings is 1. The first kappa shape index (κ1) is 9.71. The first-order chi connectivity index (χ1) is 7.31. The van der Waals surface area contributed by atoms with E-state index in [2.05, 4.69) is 23.5 Å². The molecule has 0 spiro atoms. The van der Waals surface area contributed by atoms with Crippen LogP contribution < -0.4 is 15.8 Å². The van der Waals surface area contributed by atoms with Crippen molar-refractivity contribution in [2.24, 2.45) is 0 Å². The molecule has 1 aromatic rings. The lowest BCUT2D eigenvalue weighted by molar-refractivity contribution is -0.117. The van der Waals surface area contributed by atoms with E-state index in [1.807, 2.05) is 24.3 Å². The topological polar surface area (TPSA) is 29.1 Å². The molecule has 0 saturated heterocycles. The van der Waals surface area contributed by atoms with Crippen LogP contribution in [-0.2, 0) is 4.79 Å². The molecule has 1 N–H and O–H groups in total. The van der Waals surface area contributed by atoms with Gasteiger partial charge in [-0.15, -0.1) is 0 Å². The third-order valence-corrected chi connectivity index (χ3v) is 2.52. The fourth-order valence-corrected chi connectivity index (χ4v) is 1.66.